The van der Waals surface area contributed by atoms with Crippen LogP contribution in [0.5, 0.6) is 5.75 Å². The molecule has 0 saturated heterocycles. The Morgan fingerprint density at radius 2 is 1.79 bits per heavy atom. The smallest absolute Gasteiger partial charge is 0.430 e. The highest BCUT2D eigenvalue weighted by Crippen LogP contribution is 2.29. The molecule has 0 radical (unpaired) electrons. The molecule has 2 N–H and O–H groups in total. The molecule has 0 aliphatic heterocycles. The number of hydrogen-bond acceptors (Lipinski definition) is 2. The van der Waals surface area contributed by atoms with Gasteiger partial charge in [0, 0.05) is 5.69 Å². The summed E-state index contributed by atoms with van der Waals surface area (Å²) in [5.41, 5.74) is 5.74. The van der Waals surface area contributed by atoms with Gasteiger partial charge in [0.1, 0.15) is 5.75 Å². The maximum Gasteiger partial charge on any atom is 0.440 e. The molecule has 0 fully saturated rings. The fourth-order valence-corrected chi connectivity index (χ4v) is 0.831. The van der Waals surface area contributed by atoms with Crippen molar-refractivity contribution >= 4 is 21.6 Å². The molecule has 0 aromatic heterocycles. The van der Waals surface area contributed by atoms with Gasteiger partial charge in [0.2, 0.25) is 0 Å². The van der Waals surface area contributed by atoms with E-state index in [1.165, 1.54) is 24.3 Å². The highest BCUT2D eigenvalue weighted by atomic mass is 79.9. The topological polar surface area (TPSA) is 35.2 Å². The maximum atomic E-state index is 12.7. The van der Waals surface area contributed by atoms with Crippen molar-refractivity contribution in [2.24, 2.45) is 0 Å². The Kier molecular flexibility index (Phi) is 3.25. The van der Waals surface area contributed by atoms with E-state index in [4.69, 9.17) is 5.73 Å². The fourth-order valence-electron chi connectivity index (χ4n) is 0.738. The molecule has 78 valence electrons. The van der Waals surface area contributed by atoms with E-state index >= 15 is 0 Å². The molecular formula is C8H7BrF3NO. The zero-order chi connectivity index (χ0) is 10.8. The summed E-state index contributed by atoms with van der Waals surface area (Å²) in [5, 5.41) is -2.55. The lowest BCUT2D eigenvalue weighted by Gasteiger charge is -2.17. The molecule has 1 atom stereocenters. The average molecular weight is 270 g/mol. The zero-order valence-corrected chi connectivity index (χ0v) is 8.47. The van der Waals surface area contributed by atoms with E-state index in [-0.39, 0.29) is 5.75 Å². The van der Waals surface area contributed by atoms with Crippen LogP contribution < -0.4 is 10.5 Å². The Morgan fingerprint density at radius 3 is 2.21 bits per heavy atom. The molecule has 1 rings (SSSR count). The van der Waals surface area contributed by atoms with Crippen molar-refractivity contribution in [2.45, 2.75) is 11.2 Å². The number of benzene rings is 1. The lowest BCUT2D eigenvalue weighted by molar-refractivity contribution is -0.195. The molecule has 0 aliphatic rings. The fraction of sp³-hybridized carbons (Fsp3) is 0.250. The summed E-state index contributed by atoms with van der Waals surface area (Å²) in [6, 6.07) is 5.23. The molecule has 0 saturated carbocycles. The first-order valence-electron chi connectivity index (χ1n) is 3.62. The van der Waals surface area contributed by atoms with Gasteiger partial charge in [0.25, 0.3) is 5.08 Å². The van der Waals surface area contributed by atoms with Crippen LogP contribution in [0.4, 0.5) is 18.9 Å². The van der Waals surface area contributed by atoms with Crippen LogP contribution in [0.3, 0.4) is 0 Å². The van der Waals surface area contributed by atoms with Gasteiger partial charge in [-0.2, -0.15) is 8.78 Å². The van der Waals surface area contributed by atoms with Crippen molar-refractivity contribution in [3.63, 3.8) is 0 Å². The minimum atomic E-state index is -3.89. The average Bonchev–Trinajstić information content (AvgIpc) is 2.08. The third-order valence-corrected chi connectivity index (χ3v) is 1.92. The monoisotopic (exact) mass is 269 g/mol. The number of nitrogens with two attached hydrogens (primary N) is 1. The molecular weight excluding hydrogens is 263 g/mol. The first-order chi connectivity index (χ1) is 6.42. The van der Waals surface area contributed by atoms with E-state index in [0.717, 1.165) is 0 Å². The van der Waals surface area contributed by atoms with Crippen molar-refractivity contribution < 1.29 is 17.9 Å². The third kappa shape index (κ3) is 2.80. The predicted molar refractivity (Wildman–Crippen MR) is 50.3 cm³/mol. The second-order valence-electron chi connectivity index (χ2n) is 2.53. The number of alkyl halides is 4. The van der Waals surface area contributed by atoms with Gasteiger partial charge in [-0.3, -0.25) is 0 Å². The molecule has 1 unspecified atom stereocenters. The molecule has 6 heteroatoms. The van der Waals surface area contributed by atoms with Crippen molar-refractivity contribution in [1.29, 1.82) is 0 Å². The lowest BCUT2D eigenvalue weighted by Crippen LogP contribution is -2.32. The van der Waals surface area contributed by atoms with Crippen LogP contribution in [0.15, 0.2) is 24.3 Å². The summed E-state index contributed by atoms with van der Waals surface area (Å²) in [5.74, 6) is -0.147. The number of halogens is 4. The van der Waals surface area contributed by atoms with Gasteiger partial charge in [0.05, 0.1) is 0 Å². The maximum absolute atomic E-state index is 12.7. The van der Waals surface area contributed by atoms with E-state index in [1.807, 2.05) is 0 Å². The molecule has 2 nitrogen and oxygen atoms in total. The van der Waals surface area contributed by atoms with E-state index in [0.29, 0.717) is 5.69 Å². The van der Waals surface area contributed by atoms with Crippen LogP contribution in [-0.2, 0) is 0 Å². The van der Waals surface area contributed by atoms with Crippen LogP contribution in [0.1, 0.15) is 0 Å². The highest BCUT2D eigenvalue weighted by Gasteiger charge is 2.41. The normalized spacial score (nSPS) is 13.7. The number of anilines is 1. The number of hydrogen-bond donors (Lipinski definition) is 1. The molecule has 0 amide bonds. The quantitative estimate of drug-likeness (QED) is 0.677. The summed E-state index contributed by atoms with van der Waals surface area (Å²) in [7, 11) is 0. The summed E-state index contributed by atoms with van der Waals surface area (Å²) < 4.78 is 41.7. The minimum absolute atomic E-state index is 0.147. The molecule has 0 heterocycles. The molecule has 14 heavy (non-hydrogen) atoms. The summed E-state index contributed by atoms with van der Waals surface area (Å²) in [4.78, 5) is 0. The van der Waals surface area contributed by atoms with Crippen LogP contribution >= 0.6 is 15.9 Å². The van der Waals surface area contributed by atoms with Gasteiger partial charge in [-0.05, 0) is 40.2 Å². The Morgan fingerprint density at radius 1 is 1.29 bits per heavy atom. The summed E-state index contributed by atoms with van der Waals surface area (Å²) >= 11 is 2.10. The molecule has 0 spiro atoms. The summed E-state index contributed by atoms with van der Waals surface area (Å²) in [6.45, 7) is 0. The van der Waals surface area contributed by atoms with E-state index in [1.54, 1.807) is 0 Å². The predicted octanol–water partition coefficient (Wildman–Crippen LogP) is 2.93. The molecule has 0 bridgehead atoms. The third-order valence-electron chi connectivity index (χ3n) is 1.39. The Hall–Kier alpha value is -0.910. The zero-order valence-electron chi connectivity index (χ0n) is 6.88. The van der Waals surface area contributed by atoms with Crippen molar-refractivity contribution in [3.05, 3.63) is 24.3 Å². The minimum Gasteiger partial charge on any atom is -0.430 e. The number of ether oxygens (including phenoxy) is 1. The van der Waals surface area contributed by atoms with Gasteiger partial charge in [-0.15, -0.1) is 0 Å². The van der Waals surface area contributed by atoms with Crippen LogP contribution in [0.2, 0.25) is 0 Å². The van der Waals surface area contributed by atoms with Gasteiger partial charge >= 0.3 is 6.11 Å². The Balaban J connectivity index is 2.74. The highest BCUT2D eigenvalue weighted by molar-refractivity contribution is 9.09. The van der Waals surface area contributed by atoms with E-state index < -0.39 is 11.2 Å². The second-order valence-corrected chi connectivity index (χ2v) is 3.34. The first kappa shape index (κ1) is 11.2. The van der Waals surface area contributed by atoms with Gasteiger partial charge < -0.3 is 10.5 Å². The summed E-state index contributed by atoms with van der Waals surface area (Å²) in [6.07, 6.45) is -3.89. The first-order valence-corrected chi connectivity index (χ1v) is 4.54. The number of rotatable bonds is 3. The molecule has 1 aromatic carbocycles. The lowest BCUT2D eigenvalue weighted by atomic mass is 10.3. The van der Waals surface area contributed by atoms with Crippen molar-refractivity contribution in [3.8, 4) is 5.75 Å². The van der Waals surface area contributed by atoms with Crippen LogP contribution in [0, 0.1) is 0 Å². The largest absolute Gasteiger partial charge is 0.440 e. The number of nitrogen functional groups attached to an aromatic ring is 1. The van der Waals surface area contributed by atoms with Gasteiger partial charge in [0.15, 0.2) is 0 Å². The molecule has 1 aromatic rings. The second kappa shape index (κ2) is 4.08. The van der Waals surface area contributed by atoms with E-state index in [2.05, 4.69) is 20.7 Å². The van der Waals surface area contributed by atoms with Gasteiger partial charge in [-0.25, -0.2) is 4.39 Å². The van der Waals surface area contributed by atoms with Crippen LogP contribution in [-0.4, -0.2) is 11.2 Å². The van der Waals surface area contributed by atoms with Crippen LogP contribution in [0.25, 0.3) is 0 Å². The SMILES string of the molecule is Nc1ccc(OC(F)(F)C(F)Br)cc1. The van der Waals surface area contributed by atoms with Crippen molar-refractivity contribution in [1.82, 2.24) is 0 Å². The molecule has 0 aliphatic carbocycles. The Labute approximate surface area is 87.0 Å². The van der Waals surface area contributed by atoms with Gasteiger partial charge in [-0.1, -0.05) is 0 Å². The Bertz CT molecular complexity index is 302. The van der Waals surface area contributed by atoms with E-state index in [9.17, 15) is 13.2 Å². The van der Waals surface area contributed by atoms with Crippen molar-refractivity contribution in [2.75, 3.05) is 5.73 Å². The standard InChI is InChI=1S/C8H7BrF3NO/c9-7(10)8(11,12)14-6-3-1-5(13)2-4-6/h1-4,7H,13H2.